The Morgan fingerprint density at radius 2 is 2.12 bits per heavy atom. The fourth-order valence-electron chi connectivity index (χ4n) is 1.08. The van der Waals surface area contributed by atoms with Gasteiger partial charge in [-0.05, 0) is 0 Å². The van der Waals surface area contributed by atoms with Gasteiger partial charge in [-0.15, -0.1) is 12.1 Å². The van der Waals surface area contributed by atoms with Crippen LogP contribution in [0.1, 0.15) is 0 Å². The molecule has 1 rings (SSSR count). The molecule has 0 amide bonds. The second kappa shape index (κ2) is 4.64. The van der Waals surface area contributed by atoms with Gasteiger partial charge in [-0.2, -0.15) is 5.10 Å². The van der Waals surface area contributed by atoms with Gasteiger partial charge >= 0.3 is 6.98 Å². The predicted octanol–water partition coefficient (Wildman–Crippen LogP) is 1.25. The molecule has 0 bridgehead atoms. The van der Waals surface area contributed by atoms with Gasteiger partial charge in [0, 0.05) is 26.7 Å². The highest BCUT2D eigenvalue weighted by Crippen LogP contribution is 2.18. The highest BCUT2D eigenvalue weighted by Gasteiger charge is 2.27. The van der Waals surface area contributed by atoms with Crippen molar-refractivity contribution in [3.05, 3.63) is 34.7 Å². The Morgan fingerprint density at radius 3 is 2.53 bits per heavy atom. The van der Waals surface area contributed by atoms with Crippen molar-refractivity contribution in [2.45, 2.75) is 6.54 Å². The van der Waals surface area contributed by atoms with Crippen molar-refractivity contribution in [2.75, 3.05) is 19.0 Å². The monoisotopic (exact) mass is 246 g/mol. The lowest BCUT2D eigenvalue weighted by Crippen LogP contribution is -2.30. The fourth-order valence-corrected chi connectivity index (χ4v) is 1.08. The first kappa shape index (κ1) is 13.3. The first-order valence-electron chi connectivity index (χ1n) is 4.84. The third-order valence-corrected chi connectivity index (χ3v) is 2.19. The molecule has 0 unspecified atom stereocenters. The maximum absolute atomic E-state index is 12.3. The summed E-state index contributed by atoms with van der Waals surface area (Å²) >= 11 is 0. The Labute approximate surface area is 96.4 Å². The zero-order valence-electron chi connectivity index (χ0n) is 9.53. The minimum atomic E-state index is -5.14. The molecule has 0 saturated heterocycles. The predicted molar refractivity (Wildman–Crippen MR) is 61.0 cm³/mol. The normalized spacial score (nSPS) is 11.4. The Bertz CT molecular complexity index is 481. The van der Waals surface area contributed by atoms with Gasteiger partial charge in [-0.25, -0.2) is 4.68 Å². The smallest absolute Gasteiger partial charge is 0.445 e. The molecule has 8 heteroatoms. The molecule has 1 heterocycles. The molecule has 0 spiro atoms. The van der Waals surface area contributed by atoms with E-state index in [2.05, 4.69) is 11.7 Å². The summed E-state index contributed by atoms with van der Waals surface area (Å²) in [6.07, 6.45) is 1.33. The molecule has 0 aromatic carbocycles. The third kappa shape index (κ3) is 3.37. The second-order valence-corrected chi connectivity index (χ2v) is 3.84. The molecule has 0 aliphatic carbocycles. The summed E-state index contributed by atoms with van der Waals surface area (Å²) in [7, 11) is 3.41. The Hall–Kier alpha value is -1.73. The van der Waals surface area contributed by atoms with Crippen LogP contribution in [-0.2, 0) is 6.54 Å². The SMILES string of the molecule is C=C(Cn1ncc(N(C)C)cc1=O)[B-](F)(F)F. The highest BCUT2D eigenvalue weighted by molar-refractivity contribution is 6.66. The lowest BCUT2D eigenvalue weighted by atomic mass is 9.80. The molecule has 0 aliphatic heterocycles. The Balaban J connectivity index is 2.95. The number of rotatable bonds is 4. The first-order chi connectivity index (χ1) is 7.71. The van der Waals surface area contributed by atoms with Crippen molar-refractivity contribution in [2.24, 2.45) is 0 Å². The van der Waals surface area contributed by atoms with Crippen LogP contribution in [0.15, 0.2) is 29.1 Å². The van der Waals surface area contributed by atoms with Crippen LogP contribution in [0.4, 0.5) is 18.6 Å². The van der Waals surface area contributed by atoms with E-state index in [-0.39, 0.29) is 0 Å². The molecule has 0 fully saturated rings. The van der Waals surface area contributed by atoms with E-state index in [0.29, 0.717) is 5.69 Å². The number of hydrogen-bond acceptors (Lipinski definition) is 3. The van der Waals surface area contributed by atoms with E-state index in [1.165, 1.54) is 12.3 Å². The van der Waals surface area contributed by atoms with Crippen LogP contribution in [0, 0.1) is 0 Å². The quantitative estimate of drug-likeness (QED) is 0.750. The lowest BCUT2D eigenvalue weighted by molar-refractivity contribution is 0.477. The molecule has 94 valence electrons. The molecular formula is C9H12BF3N3O-. The average Bonchev–Trinajstić information content (AvgIpc) is 2.19. The Kier molecular flexibility index (Phi) is 3.64. The van der Waals surface area contributed by atoms with E-state index in [1.54, 1.807) is 19.0 Å². The van der Waals surface area contributed by atoms with Crippen LogP contribution in [0.25, 0.3) is 0 Å². The summed E-state index contributed by atoms with van der Waals surface area (Å²) < 4.78 is 37.6. The number of allylic oxidation sites excluding steroid dienone is 1. The standard InChI is InChI=1S/C9H12BF3N3O/c1-7(10(11,12)13)6-16-9(17)4-8(5-14-16)15(2)3/h4-5H,1,6H2,2-3H3/q-1. The van der Waals surface area contributed by atoms with E-state index in [9.17, 15) is 17.7 Å². The number of nitrogens with zero attached hydrogens (tertiary/aromatic N) is 3. The molecule has 0 N–H and O–H groups in total. The van der Waals surface area contributed by atoms with Crippen LogP contribution >= 0.6 is 0 Å². The summed E-state index contributed by atoms with van der Waals surface area (Å²) in [5, 5.41) is 3.66. The van der Waals surface area contributed by atoms with E-state index in [0.717, 1.165) is 4.68 Å². The van der Waals surface area contributed by atoms with Gasteiger partial charge in [0.25, 0.3) is 5.56 Å². The minimum absolute atomic E-state index is 0.536. The van der Waals surface area contributed by atoms with Crippen molar-refractivity contribution >= 4 is 12.7 Å². The van der Waals surface area contributed by atoms with Gasteiger partial charge in [0.1, 0.15) is 0 Å². The maximum atomic E-state index is 12.3. The van der Waals surface area contributed by atoms with Crippen molar-refractivity contribution in [1.29, 1.82) is 0 Å². The van der Waals surface area contributed by atoms with Gasteiger partial charge in [0.15, 0.2) is 0 Å². The van der Waals surface area contributed by atoms with E-state index < -0.39 is 24.6 Å². The maximum Gasteiger partial charge on any atom is 0.506 e. The number of halogens is 3. The van der Waals surface area contributed by atoms with Gasteiger partial charge in [-0.3, -0.25) is 4.79 Å². The fraction of sp³-hybridized carbons (Fsp3) is 0.333. The lowest BCUT2D eigenvalue weighted by Gasteiger charge is -2.18. The van der Waals surface area contributed by atoms with E-state index in [4.69, 9.17) is 0 Å². The van der Waals surface area contributed by atoms with Gasteiger partial charge in [0.2, 0.25) is 0 Å². The third-order valence-electron chi connectivity index (χ3n) is 2.19. The van der Waals surface area contributed by atoms with Crippen molar-refractivity contribution in [3.63, 3.8) is 0 Å². The molecule has 0 atom stereocenters. The van der Waals surface area contributed by atoms with Crippen LogP contribution in [0.3, 0.4) is 0 Å². The molecule has 0 aliphatic rings. The second-order valence-electron chi connectivity index (χ2n) is 3.84. The van der Waals surface area contributed by atoms with Crippen molar-refractivity contribution < 1.29 is 12.9 Å². The topological polar surface area (TPSA) is 38.1 Å². The van der Waals surface area contributed by atoms with Crippen molar-refractivity contribution in [3.8, 4) is 0 Å². The van der Waals surface area contributed by atoms with Gasteiger partial charge < -0.3 is 17.8 Å². The Morgan fingerprint density at radius 1 is 1.53 bits per heavy atom. The molecule has 1 aromatic rings. The summed E-state index contributed by atoms with van der Waals surface area (Å²) in [4.78, 5) is 13.1. The van der Waals surface area contributed by atoms with Crippen LogP contribution in [-0.4, -0.2) is 30.9 Å². The molecule has 4 nitrogen and oxygen atoms in total. The molecule has 0 saturated carbocycles. The highest BCUT2D eigenvalue weighted by atomic mass is 19.4. The number of hydrogen-bond donors (Lipinski definition) is 0. The van der Waals surface area contributed by atoms with Crippen LogP contribution < -0.4 is 10.5 Å². The largest absolute Gasteiger partial charge is 0.506 e. The molecule has 0 radical (unpaired) electrons. The average molecular weight is 246 g/mol. The summed E-state index contributed by atoms with van der Waals surface area (Å²) in [6, 6.07) is 1.23. The van der Waals surface area contributed by atoms with Crippen LogP contribution in [0.2, 0.25) is 0 Å². The zero-order valence-corrected chi connectivity index (χ0v) is 9.53. The summed E-state index contributed by atoms with van der Waals surface area (Å²) in [5.74, 6) is 0. The first-order valence-corrected chi connectivity index (χ1v) is 4.84. The van der Waals surface area contributed by atoms with Gasteiger partial charge in [-0.1, -0.05) is 0 Å². The summed E-state index contributed by atoms with van der Waals surface area (Å²) in [6.45, 7) is -2.86. The van der Waals surface area contributed by atoms with Crippen LogP contribution in [0.5, 0.6) is 0 Å². The molecular weight excluding hydrogens is 234 g/mol. The number of anilines is 1. The van der Waals surface area contributed by atoms with E-state index in [1.807, 2.05) is 0 Å². The zero-order chi connectivity index (χ0) is 13.2. The molecule has 17 heavy (non-hydrogen) atoms. The minimum Gasteiger partial charge on any atom is -0.445 e. The summed E-state index contributed by atoms with van der Waals surface area (Å²) in [5.41, 5.74) is -0.996. The van der Waals surface area contributed by atoms with Crippen molar-refractivity contribution in [1.82, 2.24) is 9.78 Å². The van der Waals surface area contributed by atoms with E-state index >= 15 is 0 Å². The molecule has 1 aromatic heterocycles. The van der Waals surface area contributed by atoms with Gasteiger partial charge in [0.05, 0.1) is 11.9 Å². The number of aromatic nitrogens is 2.